The molecule has 0 radical (unpaired) electrons. The fourth-order valence-corrected chi connectivity index (χ4v) is 17.0. The Kier molecular flexibility index (Phi) is 21.3. The average molecular weight is 832 g/mol. The summed E-state index contributed by atoms with van der Waals surface area (Å²) >= 11 is 0. The summed E-state index contributed by atoms with van der Waals surface area (Å²) < 4.78 is 46.9. The molecule has 1 aliphatic rings. The molecular weight excluding hydrogens is 771 g/mol. The van der Waals surface area contributed by atoms with Crippen LogP contribution in [0.3, 0.4) is 0 Å². The van der Waals surface area contributed by atoms with E-state index in [0.717, 1.165) is 0 Å². The van der Waals surface area contributed by atoms with E-state index in [0.29, 0.717) is 0 Å². The Hall–Kier alpha value is -2.73. The number of carbonyl (C=O) groups excluding carboxylic acids is 6. The third-order valence-corrected chi connectivity index (χ3v) is 17.6. The highest BCUT2D eigenvalue weighted by Crippen LogP contribution is 2.71. The second kappa shape index (κ2) is 23.4. The van der Waals surface area contributed by atoms with Crippen LogP contribution in [0.5, 0.6) is 0 Å². The molecule has 0 aromatic rings. The summed E-state index contributed by atoms with van der Waals surface area (Å²) in [5.41, 5.74) is 0. The smallest absolute Gasteiger partial charge is 0.323 e. The summed E-state index contributed by atoms with van der Waals surface area (Å²) in [6.45, 7) is 18.9. The van der Waals surface area contributed by atoms with Gasteiger partial charge in [0.2, 0.25) is 22.5 Å². The van der Waals surface area contributed by atoms with Crippen LogP contribution in [0.1, 0.15) is 83.1 Å². The first-order valence-corrected chi connectivity index (χ1v) is 23.0. The average Bonchev–Trinajstić information content (AvgIpc) is 3.08. The minimum atomic E-state index is -4.01. The lowest BCUT2D eigenvalue weighted by Gasteiger charge is -2.41. The standard InChI is InChI=1S/C30H60N9O12P3/c1-13-46-25(40)19(7)31-52(32-20(8)26(41)47-14-2)37-53(33-21(9)27(42)48-15-3,34-22(10)28(43)49-16-4)39-54(38-52,35-23(11)29(44)50-17-5)36-24(12)30(45)51-18-6/h19-24,31-36H,13-18H2,1-12H3. The van der Waals surface area contributed by atoms with Gasteiger partial charge in [-0.05, 0) is 83.1 Å². The molecule has 24 heteroatoms. The maximum atomic E-state index is 13.2. The van der Waals surface area contributed by atoms with Crippen LogP contribution in [0.25, 0.3) is 0 Å². The van der Waals surface area contributed by atoms with Crippen molar-refractivity contribution in [3.05, 3.63) is 0 Å². The predicted molar refractivity (Wildman–Crippen MR) is 203 cm³/mol. The molecule has 21 nitrogen and oxygen atoms in total. The number of hydrogen-bond acceptors (Lipinski definition) is 21. The molecule has 1 rings (SSSR count). The van der Waals surface area contributed by atoms with Crippen LogP contribution in [0.4, 0.5) is 0 Å². The lowest BCUT2D eigenvalue weighted by atomic mass is 10.4. The van der Waals surface area contributed by atoms with Gasteiger partial charge in [-0.15, -0.1) is 0 Å². The summed E-state index contributed by atoms with van der Waals surface area (Å²) in [7, 11) is -12.0. The van der Waals surface area contributed by atoms with E-state index in [4.69, 9.17) is 42.0 Å². The fourth-order valence-electron chi connectivity index (χ4n) is 4.58. The van der Waals surface area contributed by atoms with Crippen molar-refractivity contribution in [2.45, 2.75) is 119 Å². The van der Waals surface area contributed by atoms with Gasteiger partial charge in [-0.25, -0.2) is 30.5 Å². The van der Waals surface area contributed by atoms with Crippen LogP contribution in [-0.4, -0.2) is 112 Å². The molecule has 6 unspecified atom stereocenters. The van der Waals surface area contributed by atoms with E-state index < -0.39 is 94.6 Å². The number of carbonyl (C=O) groups is 6. The number of hydrogen-bond donors (Lipinski definition) is 6. The van der Waals surface area contributed by atoms with Gasteiger partial charge >= 0.3 is 35.8 Å². The summed E-state index contributed by atoms with van der Waals surface area (Å²) in [6.07, 6.45) is 0. The number of rotatable bonds is 24. The van der Waals surface area contributed by atoms with Crippen molar-refractivity contribution < 1.29 is 57.2 Å². The zero-order valence-corrected chi connectivity index (χ0v) is 36.0. The van der Waals surface area contributed by atoms with Crippen molar-refractivity contribution in [3.63, 3.8) is 0 Å². The van der Waals surface area contributed by atoms with Crippen LogP contribution < -0.4 is 30.5 Å². The zero-order chi connectivity index (χ0) is 41.3. The third-order valence-electron chi connectivity index (χ3n) is 6.86. The van der Waals surface area contributed by atoms with Crippen LogP contribution in [0.15, 0.2) is 13.5 Å². The minimum Gasteiger partial charge on any atom is -0.465 e. The topological polar surface area (TPSA) is 267 Å². The van der Waals surface area contributed by atoms with Gasteiger partial charge in [0.05, 0.1) is 39.6 Å². The van der Waals surface area contributed by atoms with Crippen LogP contribution >= 0.6 is 22.5 Å². The molecule has 6 atom stereocenters. The summed E-state index contributed by atoms with van der Waals surface area (Å²) in [4.78, 5) is 79.1. The largest absolute Gasteiger partial charge is 0.465 e. The minimum absolute atomic E-state index is 0.0366. The van der Waals surface area contributed by atoms with Gasteiger partial charge in [-0.1, -0.05) is 0 Å². The summed E-state index contributed by atoms with van der Waals surface area (Å²) in [5, 5.41) is 18.7. The van der Waals surface area contributed by atoms with Crippen molar-refractivity contribution in [3.8, 4) is 0 Å². The van der Waals surface area contributed by atoms with Crippen molar-refractivity contribution >= 4 is 58.3 Å². The maximum absolute atomic E-state index is 13.2. The van der Waals surface area contributed by atoms with E-state index in [2.05, 4.69) is 30.5 Å². The van der Waals surface area contributed by atoms with Crippen LogP contribution in [-0.2, 0) is 57.2 Å². The second-order valence-electron chi connectivity index (χ2n) is 11.7. The fraction of sp³-hybridized carbons (Fsp3) is 0.800. The molecule has 54 heavy (non-hydrogen) atoms. The molecule has 1 aliphatic heterocycles. The second-order valence-corrected chi connectivity index (χ2v) is 19.0. The summed E-state index contributed by atoms with van der Waals surface area (Å²) in [5.74, 6) is -4.22. The molecule has 0 aliphatic carbocycles. The Morgan fingerprint density at radius 3 is 0.593 bits per heavy atom. The van der Waals surface area contributed by atoms with Gasteiger partial charge in [0, 0.05) is 0 Å². The van der Waals surface area contributed by atoms with Crippen molar-refractivity contribution in [1.82, 2.24) is 30.5 Å². The Labute approximate surface area is 318 Å². The quantitative estimate of drug-likeness (QED) is 0.0463. The van der Waals surface area contributed by atoms with Gasteiger partial charge in [0.25, 0.3) is 0 Å². The number of ether oxygens (including phenoxy) is 6. The highest BCUT2D eigenvalue weighted by molar-refractivity contribution is 7.83. The predicted octanol–water partition coefficient (Wildman–Crippen LogP) is 3.09. The summed E-state index contributed by atoms with van der Waals surface area (Å²) in [6, 6.07) is -6.89. The van der Waals surface area contributed by atoms with Crippen LogP contribution in [0, 0.1) is 0 Å². The highest BCUT2D eigenvalue weighted by Gasteiger charge is 2.45. The Balaban J connectivity index is 4.64. The molecule has 1 heterocycles. The Morgan fingerprint density at radius 2 is 0.481 bits per heavy atom. The molecule has 0 saturated heterocycles. The number of nitrogens with one attached hydrogen (secondary N) is 6. The first-order chi connectivity index (χ1) is 25.3. The molecule has 0 aromatic carbocycles. The molecule has 312 valence electrons. The molecule has 0 amide bonds. The molecule has 0 saturated carbocycles. The van der Waals surface area contributed by atoms with E-state index >= 15 is 0 Å². The Bertz CT molecular complexity index is 1220. The molecule has 0 fully saturated rings. The molecule has 0 spiro atoms. The molecule has 0 bridgehead atoms. The lowest BCUT2D eigenvalue weighted by molar-refractivity contribution is -0.145. The maximum Gasteiger partial charge on any atom is 0.323 e. The number of esters is 6. The van der Waals surface area contributed by atoms with Gasteiger partial charge in [0.1, 0.15) is 36.3 Å². The number of nitrogens with zero attached hydrogens (tertiary/aromatic N) is 3. The molecular formula is C30H60N9O12P3. The van der Waals surface area contributed by atoms with E-state index in [1.807, 2.05) is 0 Å². The van der Waals surface area contributed by atoms with Crippen molar-refractivity contribution in [1.29, 1.82) is 0 Å². The first-order valence-electron chi connectivity index (χ1n) is 17.9. The van der Waals surface area contributed by atoms with E-state index in [1.54, 1.807) is 41.5 Å². The van der Waals surface area contributed by atoms with E-state index in [1.165, 1.54) is 41.5 Å². The van der Waals surface area contributed by atoms with Gasteiger partial charge in [-0.2, -0.15) is 13.5 Å². The van der Waals surface area contributed by atoms with E-state index in [-0.39, 0.29) is 39.6 Å². The monoisotopic (exact) mass is 831 g/mol. The SMILES string of the molecule is CCOC(=O)C(C)NP1(NC(C)C(=O)OCC)=NP(NC(C)C(=O)OCC)(NC(C)C(=O)OCC)=NP(NC(C)C(=O)OCC)(NC(C)C(=O)OCC)=N1. The van der Waals surface area contributed by atoms with Crippen LogP contribution in [0.2, 0.25) is 0 Å². The Morgan fingerprint density at radius 1 is 0.352 bits per heavy atom. The van der Waals surface area contributed by atoms with Crippen molar-refractivity contribution in [2.24, 2.45) is 13.5 Å². The van der Waals surface area contributed by atoms with E-state index in [9.17, 15) is 28.8 Å². The van der Waals surface area contributed by atoms with Crippen molar-refractivity contribution in [2.75, 3.05) is 39.6 Å². The normalized spacial score (nSPS) is 24.0. The molecule has 6 N–H and O–H groups in total. The highest BCUT2D eigenvalue weighted by atomic mass is 31.3. The first kappa shape index (κ1) is 49.3. The third kappa shape index (κ3) is 15.1. The zero-order valence-electron chi connectivity index (χ0n) is 33.3. The van der Waals surface area contributed by atoms with Gasteiger partial charge < -0.3 is 28.4 Å². The van der Waals surface area contributed by atoms with Gasteiger partial charge in [0.15, 0.2) is 0 Å². The lowest BCUT2D eigenvalue weighted by Crippen LogP contribution is -2.46. The molecule has 0 aromatic heterocycles. The van der Waals surface area contributed by atoms with Gasteiger partial charge in [-0.3, -0.25) is 28.8 Å².